The number of carbonyl (C=O) groups excluding carboxylic acids is 2. The summed E-state index contributed by atoms with van der Waals surface area (Å²) in [5, 5.41) is 2.78. The standard InChI is InChI=1S/C28H31FN6O4/c1-17-11-22(18-5-9-38-10-6-18)25(33(17)2)26(36)27(37)32-20-3-4-23-24(12-20)39-16-21-15-34(7-8-35(21)23)28-30-13-19(29)14-31-28/h3-4,11-14,18,21H,5-10,15-16H2,1-2H3,(H,32,37)/t21-/m0/s1. The van der Waals surface area contributed by atoms with E-state index >= 15 is 0 Å². The van der Waals surface area contributed by atoms with E-state index < -0.39 is 17.5 Å². The van der Waals surface area contributed by atoms with E-state index in [4.69, 9.17) is 9.47 Å². The van der Waals surface area contributed by atoms with Gasteiger partial charge < -0.3 is 29.2 Å². The van der Waals surface area contributed by atoms with Crippen LogP contribution in [0, 0.1) is 12.7 Å². The zero-order chi connectivity index (χ0) is 27.1. The fraction of sp³-hybridized carbons (Fsp3) is 0.429. The smallest absolute Gasteiger partial charge is 0.298 e. The van der Waals surface area contributed by atoms with Gasteiger partial charge in [0.15, 0.2) is 5.82 Å². The molecule has 204 valence electrons. The largest absolute Gasteiger partial charge is 0.489 e. The molecule has 2 saturated heterocycles. The van der Waals surface area contributed by atoms with Gasteiger partial charge in [-0.25, -0.2) is 14.4 Å². The molecule has 1 amide bonds. The number of Topliss-reactive ketones (excluding diaryl/α,β-unsaturated/α-hetero) is 1. The summed E-state index contributed by atoms with van der Waals surface area (Å²) in [4.78, 5) is 39.0. The summed E-state index contributed by atoms with van der Waals surface area (Å²) in [5.74, 6) is -0.337. The van der Waals surface area contributed by atoms with Gasteiger partial charge in [-0.15, -0.1) is 0 Å². The minimum atomic E-state index is -0.675. The molecule has 3 aliphatic heterocycles. The first kappa shape index (κ1) is 25.3. The number of nitrogens with zero attached hydrogens (tertiary/aromatic N) is 5. The summed E-state index contributed by atoms with van der Waals surface area (Å²) < 4.78 is 26.6. The summed E-state index contributed by atoms with van der Waals surface area (Å²) >= 11 is 0. The van der Waals surface area contributed by atoms with Gasteiger partial charge in [0.05, 0.1) is 29.8 Å². The number of amides is 1. The zero-order valence-electron chi connectivity index (χ0n) is 22.0. The Morgan fingerprint density at radius 1 is 1.10 bits per heavy atom. The van der Waals surface area contributed by atoms with Crippen molar-refractivity contribution in [1.29, 1.82) is 0 Å². The van der Waals surface area contributed by atoms with E-state index in [9.17, 15) is 14.0 Å². The minimum absolute atomic E-state index is 0.0751. The molecule has 1 aromatic carbocycles. The molecule has 11 heteroatoms. The summed E-state index contributed by atoms with van der Waals surface area (Å²) in [6.07, 6.45) is 4.01. The van der Waals surface area contributed by atoms with E-state index in [1.807, 2.05) is 31.0 Å². The molecule has 10 nitrogen and oxygen atoms in total. The molecule has 0 unspecified atom stereocenters. The Balaban J connectivity index is 1.15. The number of nitrogens with one attached hydrogen (secondary N) is 1. The van der Waals surface area contributed by atoms with Crippen molar-refractivity contribution in [1.82, 2.24) is 14.5 Å². The molecule has 0 bridgehead atoms. The molecule has 0 saturated carbocycles. The van der Waals surface area contributed by atoms with Crippen LogP contribution in [-0.4, -0.2) is 71.7 Å². The van der Waals surface area contributed by atoms with Gasteiger partial charge in [0.1, 0.15) is 12.4 Å². The average Bonchev–Trinajstić information content (AvgIpc) is 3.26. The van der Waals surface area contributed by atoms with Gasteiger partial charge in [-0.3, -0.25) is 9.59 Å². The highest BCUT2D eigenvalue weighted by atomic mass is 19.1. The molecule has 1 atom stereocenters. The maximum atomic E-state index is 13.4. The Morgan fingerprint density at radius 3 is 2.64 bits per heavy atom. The van der Waals surface area contributed by atoms with Crippen molar-refractivity contribution < 1.29 is 23.5 Å². The van der Waals surface area contributed by atoms with Gasteiger partial charge in [-0.2, -0.15) is 0 Å². The lowest BCUT2D eigenvalue weighted by atomic mass is 9.90. The number of hydrogen-bond acceptors (Lipinski definition) is 8. The second-order valence-electron chi connectivity index (χ2n) is 10.3. The Kier molecular flexibility index (Phi) is 6.68. The van der Waals surface area contributed by atoms with Crippen LogP contribution in [0.3, 0.4) is 0 Å². The molecule has 2 aromatic heterocycles. The third-order valence-electron chi connectivity index (χ3n) is 7.92. The number of hydrogen-bond donors (Lipinski definition) is 1. The number of benzene rings is 1. The predicted octanol–water partition coefficient (Wildman–Crippen LogP) is 3.07. The fourth-order valence-corrected chi connectivity index (χ4v) is 5.76. The number of ketones is 1. The second kappa shape index (κ2) is 10.3. The fourth-order valence-electron chi connectivity index (χ4n) is 5.76. The van der Waals surface area contributed by atoms with Crippen molar-refractivity contribution in [2.24, 2.45) is 7.05 Å². The van der Waals surface area contributed by atoms with Crippen molar-refractivity contribution in [2.75, 3.05) is 54.6 Å². The highest BCUT2D eigenvalue weighted by Crippen LogP contribution is 2.38. The second-order valence-corrected chi connectivity index (χ2v) is 10.3. The molecule has 5 heterocycles. The van der Waals surface area contributed by atoms with Gasteiger partial charge in [-0.1, -0.05) is 0 Å². The molecule has 39 heavy (non-hydrogen) atoms. The lowest BCUT2D eigenvalue weighted by Gasteiger charge is -2.45. The van der Waals surface area contributed by atoms with Gasteiger partial charge in [0.2, 0.25) is 5.95 Å². The number of aromatic nitrogens is 3. The lowest BCUT2D eigenvalue weighted by molar-refractivity contribution is -0.112. The molecule has 0 aliphatic carbocycles. The number of anilines is 3. The van der Waals surface area contributed by atoms with E-state index in [1.165, 1.54) is 12.4 Å². The van der Waals surface area contributed by atoms with E-state index in [0.717, 1.165) is 29.8 Å². The molecule has 3 aromatic rings. The van der Waals surface area contributed by atoms with Crippen molar-refractivity contribution in [2.45, 2.75) is 31.7 Å². The first-order chi connectivity index (χ1) is 18.9. The van der Waals surface area contributed by atoms with E-state index in [-0.39, 0.29) is 12.0 Å². The molecular formula is C28H31FN6O4. The van der Waals surface area contributed by atoms with Crippen LogP contribution < -0.4 is 19.9 Å². The lowest BCUT2D eigenvalue weighted by Crippen LogP contribution is -2.57. The Hall–Kier alpha value is -3.99. The maximum Gasteiger partial charge on any atom is 0.298 e. The normalized spacial score (nSPS) is 19.2. The number of ether oxygens (including phenoxy) is 2. The SMILES string of the molecule is Cc1cc(C2CCOCC2)c(C(=O)C(=O)Nc2ccc3c(c2)OC[C@@H]2CN(c4ncc(F)cn4)CCN32)n1C. The Morgan fingerprint density at radius 2 is 1.87 bits per heavy atom. The molecular weight excluding hydrogens is 503 g/mol. The van der Waals surface area contributed by atoms with Gasteiger partial charge in [0, 0.05) is 57.3 Å². The van der Waals surface area contributed by atoms with Crippen LogP contribution in [0.25, 0.3) is 0 Å². The Labute approximate surface area is 225 Å². The van der Waals surface area contributed by atoms with Crippen LogP contribution in [0.4, 0.5) is 21.7 Å². The van der Waals surface area contributed by atoms with Gasteiger partial charge in [-0.05, 0) is 49.4 Å². The van der Waals surface area contributed by atoms with E-state index in [2.05, 4.69) is 20.2 Å². The van der Waals surface area contributed by atoms with E-state index in [1.54, 1.807) is 16.7 Å². The monoisotopic (exact) mass is 534 g/mol. The van der Waals surface area contributed by atoms with Crippen LogP contribution in [-0.2, 0) is 16.6 Å². The highest BCUT2D eigenvalue weighted by molar-refractivity contribution is 6.46. The number of fused-ring (bicyclic) bond motifs is 3. The highest BCUT2D eigenvalue weighted by Gasteiger charge is 2.34. The topological polar surface area (TPSA) is 102 Å². The molecule has 2 fully saturated rings. The quantitative estimate of drug-likeness (QED) is 0.394. The number of carbonyl (C=O) groups is 2. The van der Waals surface area contributed by atoms with Crippen molar-refractivity contribution in [3.63, 3.8) is 0 Å². The number of piperazine rings is 1. The number of halogens is 1. The van der Waals surface area contributed by atoms with Crippen molar-refractivity contribution in [3.05, 3.63) is 59.4 Å². The third kappa shape index (κ3) is 4.82. The van der Waals surface area contributed by atoms with Crippen molar-refractivity contribution in [3.8, 4) is 5.75 Å². The molecule has 3 aliphatic rings. The first-order valence-corrected chi connectivity index (χ1v) is 13.2. The number of rotatable bonds is 5. The average molecular weight is 535 g/mol. The Bertz CT molecular complexity index is 1400. The summed E-state index contributed by atoms with van der Waals surface area (Å²) in [5.41, 5.74) is 3.73. The minimum Gasteiger partial charge on any atom is -0.489 e. The molecule has 1 N–H and O–H groups in total. The zero-order valence-corrected chi connectivity index (χ0v) is 22.0. The first-order valence-electron chi connectivity index (χ1n) is 13.2. The predicted molar refractivity (Wildman–Crippen MR) is 143 cm³/mol. The summed E-state index contributed by atoms with van der Waals surface area (Å²) in [6.45, 7) is 5.74. The maximum absolute atomic E-state index is 13.4. The van der Waals surface area contributed by atoms with Crippen LogP contribution in [0.15, 0.2) is 36.7 Å². The number of aryl methyl sites for hydroxylation is 1. The molecule has 0 radical (unpaired) electrons. The molecule has 6 rings (SSSR count). The van der Waals surface area contributed by atoms with Gasteiger partial charge in [0.25, 0.3) is 11.7 Å². The third-order valence-corrected chi connectivity index (χ3v) is 7.92. The van der Waals surface area contributed by atoms with E-state index in [0.29, 0.717) is 62.5 Å². The molecule has 0 spiro atoms. The summed E-state index contributed by atoms with van der Waals surface area (Å²) in [7, 11) is 1.82. The van der Waals surface area contributed by atoms with Gasteiger partial charge >= 0.3 is 0 Å². The summed E-state index contributed by atoms with van der Waals surface area (Å²) in [6, 6.07) is 7.56. The van der Waals surface area contributed by atoms with Crippen LogP contribution in [0.2, 0.25) is 0 Å². The van der Waals surface area contributed by atoms with Crippen LogP contribution >= 0.6 is 0 Å². The van der Waals surface area contributed by atoms with Crippen molar-refractivity contribution >= 4 is 29.0 Å². The van der Waals surface area contributed by atoms with Crippen LogP contribution in [0.5, 0.6) is 5.75 Å². The van der Waals surface area contributed by atoms with Crippen LogP contribution in [0.1, 0.15) is 40.5 Å².